The fraction of sp³-hybridized carbons (Fsp3) is 0.944. The zero-order valence-corrected chi connectivity index (χ0v) is 30.8. The van der Waals surface area contributed by atoms with Gasteiger partial charge in [-0.15, -0.1) is 0 Å². The van der Waals surface area contributed by atoms with Crippen molar-refractivity contribution in [3.63, 3.8) is 0 Å². The van der Waals surface area contributed by atoms with Crippen LogP contribution >= 0.6 is 7.82 Å². The highest BCUT2D eigenvalue weighted by Crippen LogP contribution is 2.43. The molecule has 0 saturated carbocycles. The zero-order chi connectivity index (χ0) is 37.7. The predicted molar refractivity (Wildman–Crippen MR) is 188 cm³/mol. The van der Waals surface area contributed by atoms with E-state index in [-0.39, 0.29) is 32.5 Å². The Balaban J connectivity index is 4.44. The Hall–Kier alpha value is -0.990. The first-order valence-corrected chi connectivity index (χ1v) is 19.7. The first-order valence-electron chi connectivity index (χ1n) is 20.4. The third-order valence-corrected chi connectivity index (χ3v) is 8.84. The monoisotopic (exact) mass is 683 g/mol. The van der Waals surface area contributed by atoms with Gasteiger partial charge in [0, 0.05) is 18.3 Å². The van der Waals surface area contributed by atoms with Gasteiger partial charge in [-0.2, -0.15) is 0 Å². The Kier molecular flexibility index (Phi) is 24.7. The Morgan fingerprint density at radius 3 is 1.63 bits per heavy atom. The van der Waals surface area contributed by atoms with E-state index in [0.717, 1.165) is 64.2 Å². The van der Waals surface area contributed by atoms with Gasteiger partial charge in [-0.3, -0.25) is 18.6 Å². The predicted octanol–water partition coefficient (Wildman–Crippen LogP) is 9.68. The summed E-state index contributed by atoms with van der Waals surface area (Å²) in [6.45, 7) is 0.569. The molecule has 1 N–H and O–H groups in total. The van der Waals surface area contributed by atoms with Gasteiger partial charge < -0.3 is 18.9 Å². The molecule has 0 aromatic carbocycles. The molecule has 0 aliphatic rings. The van der Waals surface area contributed by atoms with E-state index in [1.165, 1.54) is 51.4 Å². The third kappa shape index (κ3) is 32.9. The van der Waals surface area contributed by atoms with Crippen LogP contribution in [0.25, 0.3) is 0 Å². The summed E-state index contributed by atoms with van der Waals surface area (Å²) in [5.41, 5.74) is 0. The van der Waals surface area contributed by atoms with Crippen molar-refractivity contribution in [2.24, 2.45) is 0 Å². The van der Waals surface area contributed by atoms with Crippen LogP contribution in [-0.4, -0.2) is 74.9 Å². The van der Waals surface area contributed by atoms with Gasteiger partial charge in [0.15, 0.2) is 6.10 Å². The second-order valence-corrected chi connectivity index (χ2v) is 15.0. The van der Waals surface area contributed by atoms with Gasteiger partial charge in [-0.05, 0) is 12.8 Å². The lowest BCUT2D eigenvalue weighted by Gasteiger charge is -2.24. The number of esters is 2. The van der Waals surface area contributed by atoms with Gasteiger partial charge in [-0.25, -0.2) is 4.57 Å². The number of hydrogen-bond donors (Lipinski definition) is 1. The van der Waals surface area contributed by atoms with Crippen molar-refractivity contribution in [3.05, 3.63) is 0 Å². The summed E-state index contributed by atoms with van der Waals surface area (Å²) in [5, 5.41) is 0. The molecule has 0 saturated heterocycles. The van der Waals surface area contributed by atoms with Gasteiger partial charge in [-0.1, -0.05) is 142 Å². The molecule has 0 fully saturated rings. The average molecular weight is 683 g/mol. The molecule has 0 amide bonds. The van der Waals surface area contributed by atoms with Crippen molar-refractivity contribution < 1.29 is 47.5 Å². The van der Waals surface area contributed by atoms with E-state index in [4.69, 9.17) is 24.0 Å². The number of phosphoric ester groups is 1. The standard InChI is InChI=1S/C36H72NO8P/c1-6-8-10-12-14-16-18-20-22-24-26-28-35(38)42-32-34(33-44-46(40,41)43-31-30-37(3,4)5)45-36(39)29-27-25-23-21-19-17-15-13-11-9-7-2/h34H,6-33H2,1-5H3/p+1/t34-/m1/s1/i2D2,7D2. The number of carbonyl (C=O) groups excluding carboxylic acids is 2. The quantitative estimate of drug-likeness (QED) is 0.0309. The minimum absolute atomic E-state index is 0.00804. The number of unbranched alkanes of at least 4 members (excludes halogenated alkanes) is 18. The average Bonchev–Trinajstić information content (AvgIpc) is 3.02. The SMILES string of the molecule is [2H]C([2H])C([2H])([2H])CCCCCCCCCCCC(=O)O[C@H](COC(=O)CCCCCCCCCCCCC)COP(=O)(O)OCC[N+](C)(C)C. The lowest BCUT2D eigenvalue weighted by molar-refractivity contribution is -0.870. The van der Waals surface area contributed by atoms with Crippen LogP contribution in [-0.2, 0) is 32.7 Å². The molecule has 0 rings (SSSR count). The first kappa shape index (κ1) is 37.8. The van der Waals surface area contributed by atoms with Crippen molar-refractivity contribution in [2.45, 2.75) is 174 Å². The molecule has 10 heteroatoms. The Bertz CT molecular complexity index is 908. The molecule has 46 heavy (non-hydrogen) atoms. The van der Waals surface area contributed by atoms with Gasteiger partial charge in [0.25, 0.3) is 0 Å². The number of ether oxygens (including phenoxy) is 2. The summed E-state index contributed by atoms with van der Waals surface area (Å²) in [4.78, 5) is 35.1. The summed E-state index contributed by atoms with van der Waals surface area (Å²) in [6, 6.07) is 0. The number of rotatable bonds is 34. The zero-order valence-electron chi connectivity index (χ0n) is 33.9. The van der Waals surface area contributed by atoms with Crippen LogP contribution in [0.4, 0.5) is 0 Å². The molecule has 0 aromatic heterocycles. The van der Waals surface area contributed by atoms with E-state index in [1.807, 2.05) is 21.1 Å². The highest BCUT2D eigenvalue weighted by atomic mass is 31.2. The van der Waals surface area contributed by atoms with Gasteiger partial charge >= 0.3 is 19.8 Å². The smallest absolute Gasteiger partial charge is 0.462 e. The van der Waals surface area contributed by atoms with Gasteiger partial charge in [0.2, 0.25) is 0 Å². The van der Waals surface area contributed by atoms with E-state index < -0.39 is 45.7 Å². The second-order valence-electron chi connectivity index (χ2n) is 13.6. The van der Waals surface area contributed by atoms with Crippen LogP contribution in [0.5, 0.6) is 0 Å². The first-order chi connectivity index (χ1) is 23.6. The Labute approximate surface area is 288 Å². The fourth-order valence-corrected chi connectivity index (χ4v) is 5.67. The molecule has 9 nitrogen and oxygen atoms in total. The molecular weight excluding hydrogens is 605 g/mol. The molecule has 0 spiro atoms. The van der Waals surface area contributed by atoms with E-state index >= 15 is 0 Å². The van der Waals surface area contributed by atoms with Gasteiger partial charge in [0.05, 0.1) is 27.7 Å². The normalized spacial score (nSPS) is 15.4. The third-order valence-electron chi connectivity index (χ3n) is 7.85. The minimum atomic E-state index is -4.40. The summed E-state index contributed by atoms with van der Waals surface area (Å²) in [5.74, 6) is -0.884. The van der Waals surface area contributed by atoms with E-state index in [1.54, 1.807) is 0 Å². The Morgan fingerprint density at radius 1 is 0.696 bits per heavy atom. The van der Waals surface area contributed by atoms with E-state index in [9.17, 15) is 19.0 Å². The molecule has 0 aromatic rings. The number of likely N-dealkylation sites (N-methyl/N-ethyl adjacent to an activating group) is 1. The maximum atomic E-state index is 12.6. The summed E-state index contributed by atoms with van der Waals surface area (Å²) < 4.78 is 63.8. The lowest BCUT2D eigenvalue weighted by atomic mass is 10.1. The summed E-state index contributed by atoms with van der Waals surface area (Å²) >= 11 is 0. The van der Waals surface area contributed by atoms with Gasteiger partial charge in [0.1, 0.15) is 19.8 Å². The maximum Gasteiger partial charge on any atom is 0.472 e. The molecule has 274 valence electrons. The van der Waals surface area contributed by atoms with Crippen LogP contribution in [0.1, 0.15) is 173 Å². The highest BCUT2D eigenvalue weighted by Gasteiger charge is 2.27. The fourth-order valence-electron chi connectivity index (χ4n) is 4.93. The summed E-state index contributed by atoms with van der Waals surface area (Å²) in [7, 11) is 1.39. The minimum Gasteiger partial charge on any atom is -0.462 e. The molecule has 0 heterocycles. The van der Waals surface area contributed by atoms with E-state index in [2.05, 4.69) is 6.92 Å². The topological polar surface area (TPSA) is 108 Å². The van der Waals surface area contributed by atoms with E-state index in [0.29, 0.717) is 23.9 Å². The lowest BCUT2D eigenvalue weighted by Crippen LogP contribution is -2.37. The van der Waals surface area contributed by atoms with Crippen molar-refractivity contribution >= 4 is 19.8 Å². The highest BCUT2D eigenvalue weighted by molar-refractivity contribution is 7.47. The van der Waals surface area contributed by atoms with Crippen molar-refractivity contribution in [1.82, 2.24) is 0 Å². The molecule has 0 aliphatic carbocycles. The molecule has 0 aliphatic heterocycles. The number of quaternary nitrogens is 1. The summed E-state index contributed by atoms with van der Waals surface area (Å²) in [6.07, 6.45) is 19.0. The van der Waals surface area contributed by atoms with Crippen LogP contribution in [0.2, 0.25) is 0 Å². The Morgan fingerprint density at radius 2 is 1.15 bits per heavy atom. The number of nitrogens with zero attached hydrogens (tertiary/aromatic N) is 1. The number of hydrogen-bond acceptors (Lipinski definition) is 7. The van der Waals surface area contributed by atoms with Crippen LogP contribution in [0.15, 0.2) is 0 Å². The van der Waals surface area contributed by atoms with Crippen molar-refractivity contribution in [2.75, 3.05) is 47.5 Å². The largest absolute Gasteiger partial charge is 0.472 e. The maximum absolute atomic E-state index is 12.6. The van der Waals surface area contributed by atoms with Crippen LogP contribution in [0.3, 0.4) is 0 Å². The van der Waals surface area contributed by atoms with Crippen LogP contribution in [0, 0.1) is 0 Å². The molecular formula is C36H73NO8P+. The number of carbonyl (C=O) groups is 2. The number of phosphoric acid groups is 1. The van der Waals surface area contributed by atoms with Crippen molar-refractivity contribution in [3.8, 4) is 0 Å². The molecule has 1 unspecified atom stereocenters. The van der Waals surface area contributed by atoms with Crippen molar-refractivity contribution in [1.29, 1.82) is 0 Å². The molecule has 0 bridgehead atoms. The van der Waals surface area contributed by atoms with Crippen LogP contribution < -0.4 is 0 Å². The second kappa shape index (κ2) is 30.1. The molecule has 2 atom stereocenters. The molecule has 0 radical (unpaired) electrons.